The van der Waals surface area contributed by atoms with E-state index in [1.54, 1.807) is 33.0 Å². The van der Waals surface area contributed by atoms with Crippen molar-refractivity contribution in [2.75, 3.05) is 40.1 Å². The molecule has 0 spiro atoms. The number of ether oxygens (including phenoxy) is 1. The van der Waals surface area contributed by atoms with Gasteiger partial charge in [0, 0.05) is 26.2 Å². The molecular weight excluding hydrogens is 316 g/mol. The highest BCUT2D eigenvalue weighted by Crippen LogP contribution is 2.29. The molecule has 132 valence electrons. The van der Waals surface area contributed by atoms with E-state index in [4.69, 9.17) is 4.74 Å². The number of anilines is 1. The molecule has 0 unspecified atom stereocenters. The minimum absolute atomic E-state index is 0.0770. The second-order valence-electron chi connectivity index (χ2n) is 5.51. The van der Waals surface area contributed by atoms with Crippen LogP contribution in [0.2, 0.25) is 0 Å². The molecule has 1 aromatic carbocycles. The molecule has 2 amide bonds. The average Bonchev–Trinajstić information content (AvgIpc) is 2.53. The quantitative estimate of drug-likeness (QED) is 0.586. The molecule has 24 heavy (non-hydrogen) atoms. The van der Waals surface area contributed by atoms with E-state index in [-0.39, 0.29) is 23.8 Å². The summed E-state index contributed by atoms with van der Waals surface area (Å²) in [6, 6.07) is 3.32. The van der Waals surface area contributed by atoms with Gasteiger partial charge in [-0.3, -0.25) is 24.6 Å². The summed E-state index contributed by atoms with van der Waals surface area (Å²) < 4.78 is 5.11. The van der Waals surface area contributed by atoms with Crippen molar-refractivity contribution in [1.82, 2.24) is 9.80 Å². The van der Waals surface area contributed by atoms with Crippen LogP contribution in [0.25, 0.3) is 0 Å². The molecule has 0 heterocycles. The van der Waals surface area contributed by atoms with Gasteiger partial charge in [0.05, 0.1) is 30.3 Å². The number of benzene rings is 1. The lowest BCUT2D eigenvalue weighted by Gasteiger charge is -2.24. The normalized spacial score (nSPS) is 11.8. The van der Waals surface area contributed by atoms with Gasteiger partial charge in [0.2, 0.25) is 11.8 Å². The number of likely N-dealkylation sites (N-methyl/N-ethyl adjacent to an activating group) is 2. The summed E-state index contributed by atoms with van der Waals surface area (Å²) in [6.07, 6.45) is 0. The molecule has 1 atom stereocenters. The van der Waals surface area contributed by atoms with Crippen LogP contribution in [0, 0.1) is 10.1 Å². The molecule has 0 saturated heterocycles. The predicted octanol–water partition coefficient (Wildman–Crippen LogP) is 0.950. The van der Waals surface area contributed by atoms with Gasteiger partial charge in [-0.25, -0.2) is 0 Å². The van der Waals surface area contributed by atoms with E-state index in [1.165, 1.54) is 30.2 Å². The van der Waals surface area contributed by atoms with Crippen LogP contribution < -0.4 is 10.1 Å². The Morgan fingerprint density at radius 1 is 1.33 bits per heavy atom. The molecule has 0 saturated carbocycles. The first-order valence-corrected chi connectivity index (χ1v) is 7.21. The number of non-ortho nitro benzene ring substituents is 1. The molecule has 0 aromatic heterocycles. The lowest BCUT2D eigenvalue weighted by atomic mass is 10.2. The fourth-order valence-electron chi connectivity index (χ4n) is 1.84. The van der Waals surface area contributed by atoms with Crippen LogP contribution in [0.15, 0.2) is 18.2 Å². The Balaban J connectivity index is 2.88. The number of nitro benzene ring substituents is 1. The smallest absolute Gasteiger partial charge is 0.271 e. The summed E-state index contributed by atoms with van der Waals surface area (Å²) in [5.74, 6) is -0.221. The Hall–Kier alpha value is -2.68. The maximum absolute atomic E-state index is 12.4. The van der Waals surface area contributed by atoms with Gasteiger partial charge in [0.1, 0.15) is 5.75 Å². The number of hydrogen-bond acceptors (Lipinski definition) is 6. The standard InChI is InChI=1S/C15H22N4O5/c1-10(18(4)9-14(20)17(2)3)15(21)16-12-8-11(19(22)23)6-7-13(12)24-5/h6-8,10H,9H2,1-5H3,(H,16,21)/t10-/m1/s1. The Kier molecular flexibility index (Phi) is 6.66. The lowest BCUT2D eigenvalue weighted by molar-refractivity contribution is -0.384. The SMILES string of the molecule is COc1ccc([N+](=O)[O-])cc1NC(=O)[C@@H](C)N(C)CC(=O)N(C)C. The van der Waals surface area contributed by atoms with Crippen LogP contribution in [0.4, 0.5) is 11.4 Å². The van der Waals surface area contributed by atoms with E-state index in [1.807, 2.05) is 0 Å². The third kappa shape index (κ3) is 4.92. The number of nitrogens with zero attached hydrogens (tertiary/aromatic N) is 3. The topological polar surface area (TPSA) is 105 Å². The summed E-state index contributed by atoms with van der Waals surface area (Å²) in [5.41, 5.74) is 0.0470. The monoisotopic (exact) mass is 338 g/mol. The molecule has 0 aliphatic rings. The van der Waals surface area contributed by atoms with E-state index in [2.05, 4.69) is 5.32 Å². The van der Waals surface area contributed by atoms with Crippen LogP contribution >= 0.6 is 0 Å². The van der Waals surface area contributed by atoms with Crippen molar-refractivity contribution < 1.29 is 19.2 Å². The fraction of sp³-hybridized carbons (Fsp3) is 0.467. The second kappa shape index (κ2) is 8.25. The van der Waals surface area contributed by atoms with Gasteiger partial charge in [0.15, 0.2) is 0 Å². The predicted molar refractivity (Wildman–Crippen MR) is 89.1 cm³/mol. The highest BCUT2D eigenvalue weighted by atomic mass is 16.6. The van der Waals surface area contributed by atoms with Gasteiger partial charge in [0.25, 0.3) is 5.69 Å². The van der Waals surface area contributed by atoms with Crippen molar-refractivity contribution in [3.63, 3.8) is 0 Å². The number of methoxy groups -OCH3 is 1. The van der Waals surface area contributed by atoms with E-state index in [0.717, 1.165) is 0 Å². The molecule has 9 heteroatoms. The Bertz CT molecular complexity index is 632. The summed E-state index contributed by atoms with van der Waals surface area (Å²) in [4.78, 5) is 37.4. The van der Waals surface area contributed by atoms with E-state index in [0.29, 0.717) is 5.75 Å². The first kappa shape index (κ1) is 19.4. The Morgan fingerprint density at radius 2 is 1.96 bits per heavy atom. The van der Waals surface area contributed by atoms with Crippen molar-refractivity contribution >= 4 is 23.2 Å². The zero-order valence-electron chi connectivity index (χ0n) is 14.4. The molecular formula is C15H22N4O5. The number of nitrogens with one attached hydrogen (secondary N) is 1. The van der Waals surface area contributed by atoms with Crippen molar-refractivity contribution in [3.8, 4) is 5.75 Å². The first-order valence-electron chi connectivity index (χ1n) is 7.21. The minimum Gasteiger partial charge on any atom is -0.495 e. The molecule has 0 radical (unpaired) electrons. The highest BCUT2D eigenvalue weighted by molar-refractivity contribution is 5.96. The van der Waals surface area contributed by atoms with Gasteiger partial charge >= 0.3 is 0 Å². The third-order valence-corrected chi connectivity index (χ3v) is 3.58. The van der Waals surface area contributed by atoms with Crippen molar-refractivity contribution in [1.29, 1.82) is 0 Å². The number of carbonyl (C=O) groups excluding carboxylic acids is 2. The zero-order valence-corrected chi connectivity index (χ0v) is 14.4. The van der Waals surface area contributed by atoms with Crippen molar-refractivity contribution in [2.45, 2.75) is 13.0 Å². The Labute approximate surface area is 140 Å². The van der Waals surface area contributed by atoms with E-state index in [9.17, 15) is 19.7 Å². The van der Waals surface area contributed by atoms with Crippen molar-refractivity contribution in [2.24, 2.45) is 0 Å². The average molecular weight is 338 g/mol. The van der Waals surface area contributed by atoms with Crippen molar-refractivity contribution in [3.05, 3.63) is 28.3 Å². The summed E-state index contributed by atoms with van der Waals surface area (Å²) in [7, 11) is 6.32. The van der Waals surface area contributed by atoms with Gasteiger partial charge in [-0.05, 0) is 20.0 Å². The molecule has 0 aliphatic heterocycles. The fourth-order valence-corrected chi connectivity index (χ4v) is 1.84. The molecule has 1 aromatic rings. The first-order chi connectivity index (χ1) is 11.2. The zero-order chi connectivity index (χ0) is 18.4. The maximum Gasteiger partial charge on any atom is 0.271 e. The molecule has 1 N–H and O–H groups in total. The molecule has 0 fully saturated rings. The van der Waals surface area contributed by atoms with Crippen LogP contribution in [0.5, 0.6) is 5.75 Å². The number of rotatable bonds is 7. The van der Waals surface area contributed by atoms with Gasteiger partial charge in [-0.15, -0.1) is 0 Å². The van der Waals surface area contributed by atoms with E-state index < -0.39 is 16.9 Å². The van der Waals surface area contributed by atoms with Gasteiger partial charge < -0.3 is 15.0 Å². The number of nitro groups is 1. The van der Waals surface area contributed by atoms with Gasteiger partial charge in [-0.2, -0.15) is 0 Å². The molecule has 0 aliphatic carbocycles. The highest BCUT2D eigenvalue weighted by Gasteiger charge is 2.22. The van der Waals surface area contributed by atoms with E-state index >= 15 is 0 Å². The number of carbonyl (C=O) groups is 2. The summed E-state index contributed by atoms with van der Waals surface area (Å²) in [6.45, 7) is 1.72. The number of hydrogen-bond donors (Lipinski definition) is 1. The largest absolute Gasteiger partial charge is 0.495 e. The van der Waals surface area contributed by atoms with Crippen LogP contribution in [-0.4, -0.2) is 67.4 Å². The molecule has 9 nitrogen and oxygen atoms in total. The van der Waals surface area contributed by atoms with Crippen LogP contribution in [-0.2, 0) is 9.59 Å². The van der Waals surface area contributed by atoms with Crippen LogP contribution in [0.3, 0.4) is 0 Å². The molecule has 0 bridgehead atoms. The number of amides is 2. The van der Waals surface area contributed by atoms with Gasteiger partial charge in [-0.1, -0.05) is 0 Å². The Morgan fingerprint density at radius 3 is 2.46 bits per heavy atom. The maximum atomic E-state index is 12.4. The molecule has 1 rings (SSSR count). The lowest BCUT2D eigenvalue weighted by Crippen LogP contribution is -2.44. The minimum atomic E-state index is -0.613. The second-order valence-corrected chi connectivity index (χ2v) is 5.51. The third-order valence-electron chi connectivity index (χ3n) is 3.58. The summed E-state index contributed by atoms with van der Waals surface area (Å²) in [5, 5.41) is 13.5. The summed E-state index contributed by atoms with van der Waals surface area (Å²) >= 11 is 0. The van der Waals surface area contributed by atoms with Crippen LogP contribution in [0.1, 0.15) is 6.92 Å².